The van der Waals surface area contributed by atoms with Crippen LogP contribution in [0.25, 0.3) is 0 Å². The minimum Gasteiger partial charge on any atom is -0.490 e. The molecule has 0 saturated heterocycles. The SMILES string of the molecule is CCOc1ccccc1OCC(=O)N/N=C\c1ccc(C(C)(C)C)cc1. The maximum atomic E-state index is 11.9. The molecule has 5 heteroatoms. The van der Waals surface area contributed by atoms with Crippen LogP contribution >= 0.6 is 0 Å². The van der Waals surface area contributed by atoms with Crippen molar-refractivity contribution in [2.45, 2.75) is 33.1 Å². The zero-order valence-electron chi connectivity index (χ0n) is 15.8. The molecule has 0 saturated carbocycles. The minimum absolute atomic E-state index is 0.110. The molecule has 0 radical (unpaired) electrons. The van der Waals surface area contributed by atoms with Crippen molar-refractivity contribution in [3.05, 3.63) is 59.7 Å². The molecule has 1 N–H and O–H groups in total. The Morgan fingerprint density at radius 3 is 2.23 bits per heavy atom. The van der Waals surface area contributed by atoms with Gasteiger partial charge in [0.15, 0.2) is 18.1 Å². The molecule has 0 fully saturated rings. The fourth-order valence-corrected chi connectivity index (χ4v) is 2.27. The van der Waals surface area contributed by atoms with Gasteiger partial charge in [0.2, 0.25) is 0 Å². The third-order valence-electron chi connectivity index (χ3n) is 3.69. The minimum atomic E-state index is -0.334. The monoisotopic (exact) mass is 354 g/mol. The smallest absolute Gasteiger partial charge is 0.277 e. The van der Waals surface area contributed by atoms with E-state index in [2.05, 4.69) is 43.4 Å². The first-order valence-corrected chi connectivity index (χ1v) is 8.67. The second-order valence-electron chi connectivity index (χ2n) is 6.83. The van der Waals surface area contributed by atoms with E-state index >= 15 is 0 Å². The molecule has 0 bridgehead atoms. The number of para-hydroxylation sites is 2. The van der Waals surface area contributed by atoms with Crippen molar-refractivity contribution >= 4 is 12.1 Å². The van der Waals surface area contributed by atoms with Crippen molar-refractivity contribution in [3.8, 4) is 11.5 Å². The topological polar surface area (TPSA) is 59.9 Å². The molecule has 5 nitrogen and oxygen atoms in total. The van der Waals surface area contributed by atoms with Gasteiger partial charge in [0.1, 0.15) is 0 Å². The van der Waals surface area contributed by atoms with E-state index in [1.807, 2.05) is 31.2 Å². The van der Waals surface area contributed by atoms with Crippen LogP contribution < -0.4 is 14.9 Å². The molecule has 0 aliphatic heterocycles. The maximum Gasteiger partial charge on any atom is 0.277 e. The van der Waals surface area contributed by atoms with Crippen LogP contribution in [0, 0.1) is 0 Å². The first kappa shape index (κ1) is 19.5. The fourth-order valence-electron chi connectivity index (χ4n) is 2.27. The van der Waals surface area contributed by atoms with E-state index in [0.717, 1.165) is 5.56 Å². The van der Waals surface area contributed by atoms with E-state index in [9.17, 15) is 4.79 Å². The number of carbonyl (C=O) groups excluding carboxylic acids is 1. The molecule has 26 heavy (non-hydrogen) atoms. The van der Waals surface area contributed by atoms with Crippen molar-refractivity contribution in [1.29, 1.82) is 0 Å². The summed E-state index contributed by atoms with van der Waals surface area (Å²) in [4.78, 5) is 11.9. The van der Waals surface area contributed by atoms with Crippen LogP contribution in [-0.4, -0.2) is 25.3 Å². The Kier molecular flexibility index (Phi) is 6.78. The number of carbonyl (C=O) groups is 1. The summed E-state index contributed by atoms with van der Waals surface area (Å²) < 4.78 is 11.0. The molecule has 2 aromatic carbocycles. The summed E-state index contributed by atoms with van der Waals surface area (Å²) in [5, 5.41) is 3.97. The number of hydrogen-bond acceptors (Lipinski definition) is 4. The van der Waals surface area contributed by atoms with Gasteiger partial charge in [-0.15, -0.1) is 0 Å². The highest BCUT2D eigenvalue weighted by molar-refractivity contribution is 5.83. The van der Waals surface area contributed by atoms with Crippen LogP contribution in [0.5, 0.6) is 11.5 Å². The number of ether oxygens (including phenoxy) is 2. The molecule has 2 rings (SSSR count). The Bertz CT molecular complexity index is 747. The van der Waals surface area contributed by atoms with Gasteiger partial charge < -0.3 is 9.47 Å². The van der Waals surface area contributed by atoms with E-state index in [1.165, 1.54) is 5.56 Å². The molecule has 0 unspecified atom stereocenters. The predicted molar refractivity (Wildman–Crippen MR) is 104 cm³/mol. The quantitative estimate of drug-likeness (QED) is 0.606. The first-order valence-electron chi connectivity index (χ1n) is 8.67. The van der Waals surface area contributed by atoms with Gasteiger partial charge >= 0.3 is 0 Å². The second kappa shape index (κ2) is 9.04. The molecule has 0 atom stereocenters. The lowest BCUT2D eigenvalue weighted by atomic mass is 9.87. The molecule has 0 aliphatic rings. The summed E-state index contributed by atoms with van der Waals surface area (Å²) in [6, 6.07) is 15.3. The summed E-state index contributed by atoms with van der Waals surface area (Å²) in [5.41, 5.74) is 4.74. The van der Waals surface area contributed by atoms with Gasteiger partial charge in [-0.2, -0.15) is 5.10 Å². The van der Waals surface area contributed by atoms with Crippen LogP contribution in [-0.2, 0) is 10.2 Å². The summed E-state index contributed by atoms with van der Waals surface area (Å²) in [6.07, 6.45) is 1.61. The first-order chi connectivity index (χ1) is 12.4. The van der Waals surface area contributed by atoms with Gasteiger partial charge in [-0.1, -0.05) is 57.2 Å². The third-order valence-corrected chi connectivity index (χ3v) is 3.69. The molecule has 0 aliphatic carbocycles. The summed E-state index contributed by atoms with van der Waals surface area (Å²) in [6.45, 7) is 8.79. The summed E-state index contributed by atoms with van der Waals surface area (Å²) in [5.74, 6) is 0.815. The van der Waals surface area contributed by atoms with Crippen LogP contribution in [0.1, 0.15) is 38.8 Å². The van der Waals surface area contributed by atoms with Crippen molar-refractivity contribution in [1.82, 2.24) is 5.43 Å². The molecular weight excluding hydrogens is 328 g/mol. The van der Waals surface area contributed by atoms with Crippen molar-refractivity contribution < 1.29 is 14.3 Å². The number of amides is 1. The average Bonchev–Trinajstić information content (AvgIpc) is 2.61. The molecule has 0 heterocycles. The van der Waals surface area contributed by atoms with Crippen molar-refractivity contribution in [3.63, 3.8) is 0 Å². The molecule has 0 spiro atoms. The van der Waals surface area contributed by atoms with Crippen LogP contribution in [0.15, 0.2) is 53.6 Å². The van der Waals surface area contributed by atoms with Crippen molar-refractivity contribution in [2.24, 2.45) is 5.10 Å². The van der Waals surface area contributed by atoms with Crippen molar-refractivity contribution in [2.75, 3.05) is 13.2 Å². The van der Waals surface area contributed by atoms with E-state index < -0.39 is 0 Å². The van der Waals surface area contributed by atoms with Crippen LogP contribution in [0.3, 0.4) is 0 Å². The summed E-state index contributed by atoms with van der Waals surface area (Å²) >= 11 is 0. The van der Waals surface area contributed by atoms with E-state index in [4.69, 9.17) is 9.47 Å². The second-order valence-corrected chi connectivity index (χ2v) is 6.83. The zero-order chi connectivity index (χ0) is 19.0. The summed E-state index contributed by atoms with van der Waals surface area (Å²) in [7, 11) is 0. The molecular formula is C21H26N2O3. The highest BCUT2D eigenvalue weighted by Crippen LogP contribution is 2.26. The number of hydrazone groups is 1. The lowest BCUT2D eigenvalue weighted by molar-refractivity contribution is -0.123. The Labute approximate surface area is 155 Å². The van der Waals surface area contributed by atoms with E-state index in [1.54, 1.807) is 18.3 Å². The molecule has 2 aromatic rings. The third kappa shape index (κ3) is 5.92. The maximum absolute atomic E-state index is 11.9. The van der Waals surface area contributed by atoms with E-state index in [0.29, 0.717) is 18.1 Å². The highest BCUT2D eigenvalue weighted by Gasteiger charge is 2.12. The predicted octanol–water partition coefficient (Wildman–Crippen LogP) is 3.91. The molecule has 0 aromatic heterocycles. The largest absolute Gasteiger partial charge is 0.490 e. The van der Waals surface area contributed by atoms with Crippen LogP contribution in [0.2, 0.25) is 0 Å². The Balaban J connectivity index is 1.84. The Hall–Kier alpha value is -2.82. The highest BCUT2D eigenvalue weighted by atomic mass is 16.5. The van der Waals surface area contributed by atoms with E-state index in [-0.39, 0.29) is 17.9 Å². The normalized spacial score (nSPS) is 11.4. The Morgan fingerprint density at radius 2 is 1.65 bits per heavy atom. The fraction of sp³-hybridized carbons (Fsp3) is 0.333. The molecule has 1 amide bonds. The Morgan fingerprint density at radius 1 is 1.04 bits per heavy atom. The molecule has 138 valence electrons. The number of hydrogen-bond donors (Lipinski definition) is 1. The van der Waals surface area contributed by atoms with Gasteiger partial charge in [0.05, 0.1) is 12.8 Å². The van der Waals surface area contributed by atoms with Gasteiger partial charge in [0, 0.05) is 0 Å². The number of nitrogens with zero attached hydrogens (tertiary/aromatic N) is 1. The van der Waals surface area contributed by atoms with Crippen LogP contribution in [0.4, 0.5) is 0 Å². The average molecular weight is 354 g/mol. The number of rotatable bonds is 7. The number of nitrogens with one attached hydrogen (secondary N) is 1. The van der Waals surface area contributed by atoms with Gasteiger partial charge in [-0.3, -0.25) is 4.79 Å². The van der Waals surface area contributed by atoms with Gasteiger partial charge in [-0.25, -0.2) is 5.43 Å². The number of benzene rings is 2. The lowest BCUT2D eigenvalue weighted by Crippen LogP contribution is -2.24. The lowest BCUT2D eigenvalue weighted by Gasteiger charge is -2.18. The van der Waals surface area contributed by atoms with Gasteiger partial charge in [-0.05, 0) is 35.6 Å². The van der Waals surface area contributed by atoms with Gasteiger partial charge in [0.25, 0.3) is 5.91 Å². The standard InChI is InChI=1S/C21H26N2O3/c1-5-25-18-8-6-7-9-19(18)26-15-20(24)23-22-14-16-10-12-17(13-11-16)21(2,3)4/h6-14H,5,15H2,1-4H3,(H,23,24)/b22-14-. The zero-order valence-corrected chi connectivity index (χ0v) is 15.8.